The van der Waals surface area contributed by atoms with Gasteiger partial charge in [-0.1, -0.05) is 93.3 Å². The number of hydrogen-bond acceptors (Lipinski definition) is 5. The molecule has 0 N–H and O–H groups in total. The average molecular weight is 687 g/mol. The molecule has 0 aliphatic rings. The molecule has 6 aromatic rings. The second kappa shape index (κ2) is 13.6. The number of ether oxygens (including phenoxy) is 2. The quantitative estimate of drug-likeness (QED) is 0.118. The molecule has 0 saturated heterocycles. The fourth-order valence-electron chi connectivity index (χ4n) is 6.54. The minimum absolute atomic E-state index is 0.287. The van der Waals surface area contributed by atoms with Gasteiger partial charge in [0.2, 0.25) is 9.84 Å². The summed E-state index contributed by atoms with van der Waals surface area (Å²) in [5.74, 6) is 14.2. The van der Waals surface area contributed by atoms with Gasteiger partial charge >= 0.3 is 0 Å². The molecule has 49 heavy (non-hydrogen) atoms. The third kappa shape index (κ3) is 6.24. The number of hydrogen-bond donors (Lipinski definition) is 0. The van der Waals surface area contributed by atoms with E-state index in [4.69, 9.17) is 9.47 Å². The van der Waals surface area contributed by atoms with E-state index in [9.17, 15) is 8.42 Å². The van der Waals surface area contributed by atoms with Gasteiger partial charge in [-0.05, 0) is 107 Å². The summed E-state index contributed by atoms with van der Waals surface area (Å²) in [6.07, 6.45) is 2.99. The van der Waals surface area contributed by atoms with Crippen LogP contribution in [0.2, 0.25) is 0 Å². The van der Waals surface area contributed by atoms with Gasteiger partial charge < -0.3 is 9.47 Å². The summed E-state index contributed by atoms with van der Waals surface area (Å²) in [7, 11) is -0.270. The average Bonchev–Trinajstić information content (AvgIpc) is 3.56. The normalized spacial score (nSPS) is 12.3. The molecule has 0 saturated carbocycles. The van der Waals surface area contributed by atoms with Gasteiger partial charge in [-0.3, -0.25) is 0 Å². The molecule has 250 valence electrons. The van der Waals surface area contributed by atoms with E-state index in [2.05, 4.69) is 87.8 Å². The second-order valence-corrected chi connectivity index (χ2v) is 15.9. The van der Waals surface area contributed by atoms with E-state index in [-0.39, 0.29) is 4.90 Å². The van der Waals surface area contributed by atoms with Crippen LogP contribution in [0.4, 0.5) is 0 Å². The van der Waals surface area contributed by atoms with Crippen LogP contribution in [0.3, 0.4) is 0 Å². The summed E-state index contributed by atoms with van der Waals surface area (Å²) in [6, 6.07) is 25.8. The SMILES string of the molecule is CCC(C#Cc1c2cc3ccccc3cc2c(C#CC(CC)(CC)OC)c2cc3sc(S(=O)(=O)c4ccc(C)cc4)cc3cc12)(CC)OC. The lowest BCUT2D eigenvalue weighted by molar-refractivity contribution is 0.0344. The molecule has 0 aliphatic heterocycles. The van der Waals surface area contributed by atoms with Crippen molar-refractivity contribution in [2.45, 2.75) is 80.6 Å². The zero-order chi connectivity index (χ0) is 35.0. The Balaban J connectivity index is 1.76. The Morgan fingerprint density at radius 1 is 0.633 bits per heavy atom. The van der Waals surface area contributed by atoms with Crippen molar-refractivity contribution in [3.05, 3.63) is 95.6 Å². The van der Waals surface area contributed by atoms with Gasteiger partial charge in [0.1, 0.15) is 15.4 Å². The van der Waals surface area contributed by atoms with E-state index >= 15 is 0 Å². The third-order valence-corrected chi connectivity index (χ3v) is 13.4. The predicted octanol–water partition coefficient (Wildman–Crippen LogP) is 10.6. The highest BCUT2D eigenvalue weighted by Crippen LogP contribution is 2.41. The number of benzene rings is 5. The van der Waals surface area contributed by atoms with Crippen LogP contribution in [0.15, 0.2) is 88.0 Å². The Bertz CT molecular complexity index is 2290. The largest absolute Gasteiger partial charge is 0.366 e. The lowest BCUT2D eigenvalue weighted by atomic mass is 9.88. The van der Waals surface area contributed by atoms with Crippen LogP contribution in [-0.4, -0.2) is 33.8 Å². The highest BCUT2D eigenvalue weighted by atomic mass is 32.2. The molecular weight excluding hydrogens is 645 g/mol. The maximum atomic E-state index is 13.8. The maximum absolute atomic E-state index is 13.8. The number of thiophene rings is 1. The summed E-state index contributed by atoms with van der Waals surface area (Å²) in [5, 5.41) is 6.92. The summed E-state index contributed by atoms with van der Waals surface area (Å²) >= 11 is 1.29. The van der Waals surface area contributed by atoms with Gasteiger partial charge in [0.25, 0.3) is 0 Å². The summed E-state index contributed by atoms with van der Waals surface area (Å²) in [4.78, 5) is 0.287. The van der Waals surface area contributed by atoms with E-state index < -0.39 is 21.0 Å². The minimum Gasteiger partial charge on any atom is -0.366 e. The van der Waals surface area contributed by atoms with Gasteiger partial charge in [-0.25, -0.2) is 8.42 Å². The second-order valence-electron chi connectivity index (χ2n) is 12.6. The van der Waals surface area contributed by atoms with Crippen LogP contribution in [0.1, 0.15) is 70.1 Å². The van der Waals surface area contributed by atoms with Crippen molar-refractivity contribution < 1.29 is 17.9 Å². The number of fused-ring (bicyclic) bond motifs is 4. The highest BCUT2D eigenvalue weighted by Gasteiger charge is 2.25. The van der Waals surface area contributed by atoms with Crippen LogP contribution < -0.4 is 0 Å². The molecular formula is C43H42O4S2. The fourth-order valence-corrected chi connectivity index (χ4v) is 9.36. The highest BCUT2D eigenvalue weighted by molar-refractivity contribution is 7.93. The number of rotatable bonds is 8. The van der Waals surface area contributed by atoms with E-state index in [1.807, 2.05) is 31.2 Å². The van der Waals surface area contributed by atoms with Crippen LogP contribution >= 0.6 is 11.3 Å². The smallest absolute Gasteiger partial charge is 0.215 e. The van der Waals surface area contributed by atoms with Crippen molar-refractivity contribution in [2.75, 3.05) is 14.2 Å². The fraction of sp³-hybridized carbons (Fsp3) is 0.302. The van der Waals surface area contributed by atoms with Crippen LogP contribution in [0.25, 0.3) is 42.4 Å². The summed E-state index contributed by atoms with van der Waals surface area (Å²) in [5.41, 5.74) is 1.60. The first-order chi connectivity index (χ1) is 23.6. The molecule has 0 bridgehead atoms. The lowest BCUT2D eigenvalue weighted by Crippen LogP contribution is -2.27. The van der Waals surface area contributed by atoms with Crippen molar-refractivity contribution in [3.63, 3.8) is 0 Å². The van der Waals surface area contributed by atoms with Crippen molar-refractivity contribution in [2.24, 2.45) is 0 Å². The van der Waals surface area contributed by atoms with Crippen molar-refractivity contribution in [3.8, 4) is 23.7 Å². The molecule has 0 radical (unpaired) electrons. The molecule has 6 rings (SSSR count). The Labute approximate surface area is 294 Å². The molecule has 0 unspecified atom stereocenters. The predicted molar refractivity (Wildman–Crippen MR) is 205 cm³/mol. The first-order valence-corrected chi connectivity index (χ1v) is 19.2. The Morgan fingerprint density at radius 3 is 1.53 bits per heavy atom. The molecule has 0 atom stereocenters. The molecule has 4 nitrogen and oxygen atoms in total. The first-order valence-electron chi connectivity index (χ1n) is 16.9. The zero-order valence-corrected chi connectivity index (χ0v) is 30.9. The molecule has 0 aliphatic carbocycles. The molecule has 1 heterocycles. The standard InChI is InChI=1S/C43H42O4S2/c1-8-42(9-2,46-6)22-20-34-36-24-30-14-12-13-15-31(30)25-37(36)35(21-23-43(10-3,11-4)47-7)39-28-40-32(26-38(34)39)27-41(48-40)49(44,45)33-18-16-29(5)17-19-33/h12-19,24-28H,8-11H2,1-7H3. The van der Waals surface area contributed by atoms with Gasteiger partial charge in [0.05, 0.1) is 4.90 Å². The number of aryl methyl sites for hydroxylation is 1. The summed E-state index contributed by atoms with van der Waals surface area (Å²) in [6.45, 7) is 10.3. The third-order valence-electron chi connectivity index (χ3n) is 10.1. The van der Waals surface area contributed by atoms with Crippen molar-refractivity contribution in [1.82, 2.24) is 0 Å². The van der Waals surface area contributed by atoms with Crippen molar-refractivity contribution in [1.29, 1.82) is 0 Å². The lowest BCUT2D eigenvalue weighted by Gasteiger charge is -2.24. The van der Waals surface area contributed by atoms with Crippen LogP contribution in [-0.2, 0) is 19.3 Å². The van der Waals surface area contributed by atoms with E-state index in [0.717, 1.165) is 84.8 Å². The zero-order valence-electron chi connectivity index (χ0n) is 29.3. The Kier molecular flexibility index (Phi) is 9.64. The van der Waals surface area contributed by atoms with Gasteiger partial charge in [-0.2, -0.15) is 0 Å². The van der Waals surface area contributed by atoms with Gasteiger partial charge in [0.15, 0.2) is 0 Å². The van der Waals surface area contributed by atoms with Gasteiger partial charge in [0, 0.05) is 35.4 Å². The number of sulfone groups is 1. The van der Waals surface area contributed by atoms with Crippen LogP contribution in [0.5, 0.6) is 0 Å². The molecule has 0 spiro atoms. The molecule has 1 aromatic heterocycles. The van der Waals surface area contributed by atoms with Gasteiger partial charge in [-0.15, -0.1) is 11.3 Å². The Hall–Kier alpha value is -4.17. The van der Waals surface area contributed by atoms with Crippen molar-refractivity contribution >= 4 is 63.6 Å². The van der Waals surface area contributed by atoms with E-state index in [1.165, 1.54) is 11.3 Å². The first kappa shape index (κ1) is 34.7. The monoisotopic (exact) mass is 686 g/mol. The maximum Gasteiger partial charge on any atom is 0.215 e. The molecule has 6 heteroatoms. The number of methoxy groups -OCH3 is 2. The molecule has 0 amide bonds. The van der Waals surface area contributed by atoms with E-state index in [1.54, 1.807) is 32.4 Å². The minimum atomic E-state index is -3.71. The van der Waals surface area contributed by atoms with E-state index in [0.29, 0.717) is 4.21 Å². The molecule has 5 aromatic carbocycles. The topological polar surface area (TPSA) is 52.6 Å². The van der Waals surface area contributed by atoms with Crippen LogP contribution in [0, 0.1) is 30.6 Å². The molecule has 0 fully saturated rings. The summed E-state index contributed by atoms with van der Waals surface area (Å²) < 4.78 is 40.8. The Morgan fingerprint density at radius 2 is 1.08 bits per heavy atom.